The first-order valence-electron chi connectivity index (χ1n) is 4.84. The fraction of sp³-hybridized carbons (Fsp3) is 0.0833. The van der Waals surface area contributed by atoms with Gasteiger partial charge < -0.3 is 9.67 Å². The van der Waals surface area contributed by atoms with Crippen LogP contribution in [0.25, 0.3) is 11.1 Å². The van der Waals surface area contributed by atoms with Crippen molar-refractivity contribution in [2.24, 2.45) is 7.05 Å². The van der Waals surface area contributed by atoms with E-state index in [2.05, 4.69) is 0 Å². The Morgan fingerprint density at radius 3 is 2.53 bits per heavy atom. The van der Waals surface area contributed by atoms with Gasteiger partial charge in [0, 0.05) is 34.4 Å². The minimum absolute atomic E-state index is 0.309. The topological polar surface area (TPSA) is 42.2 Å². The van der Waals surface area contributed by atoms with E-state index in [1.165, 1.54) is 10.6 Å². The lowest BCUT2D eigenvalue weighted by atomic mass is 10.1. The molecule has 1 aromatic heterocycles. The molecule has 0 atom stereocenters. The van der Waals surface area contributed by atoms with Crippen LogP contribution in [0.4, 0.5) is 0 Å². The van der Waals surface area contributed by atoms with E-state index >= 15 is 0 Å². The van der Waals surface area contributed by atoms with Crippen molar-refractivity contribution in [3.05, 3.63) is 50.9 Å². The van der Waals surface area contributed by atoms with Gasteiger partial charge >= 0.3 is 0 Å². The summed E-state index contributed by atoms with van der Waals surface area (Å²) in [5.41, 5.74) is 0.923. The third kappa shape index (κ3) is 2.30. The van der Waals surface area contributed by atoms with Crippen LogP contribution in [0.1, 0.15) is 0 Å². The minimum Gasteiger partial charge on any atom is -0.503 e. The molecule has 0 saturated carbocycles. The molecule has 0 bridgehead atoms. The van der Waals surface area contributed by atoms with E-state index < -0.39 is 5.56 Å². The molecular formula is C12H9Cl2NO2. The van der Waals surface area contributed by atoms with Gasteiger partial charge in [0.25, 0.3) is 5.56 Å². The van der Waals surface area contributed by atoms with Crippen LogP contribution in [0, 0.1) is 0 Å². The van der Waals surface area contributed by atoms with Crippen LogP contribution < -0.4 is 5.56 Å². The van der Waals surface area contributed by atoms with Gasteiger partial charge in [0.15, 0.2) is 5.75 Å². The average molecular weight is 270 g/mol. The summed E-state index contributed by atoms with van der Waals surface area (Å²) in [5.74, 6) is -0.309. The lowest BCUT2D eigenvalue weighted by Gasteiger charge is -2.07. The van der Waals surface area contributed by atoms with Crippen LogP contribution >= 0.6 is 23.2 Å². The molecule has 0 aliphatic carbocycles. The number of hydrogen-bond donors (Lipinski definition) is 1. The van der Waals surface area contributed by atoms with Crippen LogP contribution in [0.15, 0.2) is 35.3 Å². The Morgan fingerprint density at radius 2 is 1.94 bits per heavy atom. The quantitative estimate of drug-likeness (QED) is 0.865. The SMILES string of the molecule is Cn1cc(-c2ccc(Cl)cc2Cl)cc(O)c1=O. The fourth-order valence-electron chi connectivity index (χ4n) is 1.57. The van der Waals surface area contributed by atoms with Gasteiger partial charge in [-0.15, -0.1) is 0 Å². The first-order valence-corrected chi connectivity index (χ1v) is 5.59. The molecule has 0 aliphatic heterocycles. The van der Waals surface area contributed by atoms with Crippen molar-refractivity contribution in [2.45, 2.75) is 0 Å². The molecule has 0 unspecified atom stereocenters. The number of aryl methyl sites for hydroxylation is 1. The van der Waals surface area contributed by atoms with Crippen molar-refractivity contribution in [1.29, 1.82) is 0 Å². The van der Waals surface area contributed by atoms with E-state index in [4.69, 9.17) is 23.2 Å². The minimum atomic E-state index is -0.446. The normalized spacial score (nSPS) is 10.5. The molecule has 88 valence electrons. The highest BCUT2D eigenvalue weighted by atomic mass is 35.5. The molecule has 0 amide bonds. The molecule has 17 heavy (non-hydrogen) atoms. The highest BCUT2D eigenvalue weighted by Gasteiger charge is 2.08. The van der Waals surface area contributed by atoms with Gasteiger partial charge in [-0.05, 0) is 18.2 Å². The van der Waals surface area contributed by atoms with Crippen molar-refractivity contribution in [1.82, 2.24) is 4.57 Å². The van der Waals surface area contributed by atoms with Gasteiger partial charge in [0.2, 0.25) is 0 Å². The number of aromatic nitrogens is 1. The van der Waals surface area contributed by atoms with Gasteiger partial charge in [0.1, 0.15) is 0 Å². The molecule has 0 radical (unpaired) electrons. The molecule has 1 N–H and O–H groups in total. The van der Waals surface area contributed by atoms with Crippen LogP contribution in [-0.2, 0) is 7.05 Å². The van der Waals surface area contributed by atoms with Crippen molar-refractivity contribution >= 4 is 23.2 Å². The van der Waals surface area contributed by atoms with Gasteiger partial charge in [-0.3, -0.25) is 4.79 Å². The molecule has 2 rings (SSSR count). The van der Waals surface area contributed by atoms with Crippen molar-refractivity contribution in [3.63, 3.8) is 0 Å². The standard InChI is InChI=1S/C12H9Cl2NO2/c1-15-6-7(4-11(16)12(15)17)9-3-2-8(13)5-10(9)14/h2-6,16H,1H3. The summed E-state index contributed by atoms with van der Waals surface area (Å²) < 4.78 is 1.30. The molecule has 0 aliphatic rings. The van der Waals surface area contributed by atoms with Gasteiger partial charge in [-0.25, -0.2) is 0 Å². The summed E-state index contributed by atoms with van der Waals surface area (Å²) in [7, 11) is 1.56. The maximum Gasteiger partial charge on any atom is 0.292 e. The zero-order valence-electron chi connectivity index (χ0n) is 8.95. The number of nitrogens with zero attached hydrogens (tertiary/aromatic N) is 1. The zero-order chi connectivity index (χ0) is 12.6. The smallest absolute Gasteiger partial charge is 0.292 e. The Labute approximate surface area is 108 Å². The number of pyridine rings is 1. The summed E-state index contributed by atoms with van der Waals surface area (Å²) in [6.07, 6.45) is 1.61. The highest BCUT2D eigenvalue weighted by Crippen LogP contribution is 2.30. The second-order valence-electron chi connectivity index (χ2n) is 3.65. The number of rotatable bonds is 1. The van der Waals surface area contributed by atoms with Crippen molar-refractivity contribution in [3.8, 4) is 16.9 Å². The molecule has 2 aromatic rings. The van der Waals surface area contributed by atoms with Crippen molar-refractivity contribution in [2.75, 3.05) is 0 Å². The molecule has 0 saturated heterocycles. The molecule has 0 spiro atoms. The Bertz CT molecular complexity index is 609. The monoisotopic (exact) mass is 269 g/mol. The summed E-state index contributed by atoms with van der Waals surface area (Å²) in [6, 6.07) is 6.44. The summed E-state index contributed by atoms with van der Waals surface area (Å²) in [5, 5.41) is 10.5. The number of aromatic hydroxyl groups is 1. The second kappa shape index (κ2) is 4.43. The molecule has 0 fully saturated rings. The van der Waals surface area contributed by atoms with E-state index in [0.29, 0.717) is 21.2 Å². The lowest BCUT2D eigenvalue weighted by Crippen LogP contribution is -2.15. The van der Waals surface area contributed by atoms with Gasteiger partial charge in [0.05, 0.1) is 0 Å². The van der Waals surface area contributed by atoms with Crippen LogP contribution in [0.2, 0.25) is 10.0 Å². The van der Waals surface area contributed by atoms with E-state index in [9.17, 15) is 9.90 Å². The van der Waals surface area contributed by atoms with E-state index in [1.54, 1.807) is 31.4 Å². The van der Waals surface area contributed by atoms with E-state index in [1.807, 2.05) is 0 Å². The van der Waals surface area contributed by atoms with Crippen LogP contribution in [0.3, 0.4) is 0 Å². The Hall–Kier alpha value is -1.45. The number of halogens is 2. The Kier molecular flexibility index (Phi) is 3.13. The Morgan fingerprint density at radius 1 is 1.24 bits per heavy atom. The average Bonchev–Trinajstić information content (AvgIpc) is 2.25. The highest BCUT2D eigenvalue weighted by molar-refractivity contribution is 6.36. The zero-order valence-corrected chi connectivity index (χ0v) is 10.5. The maximum atomic E-state index is 11.3. The molecular weight excluding hydrogens is 261 g/mol. The molecule has 5 heteroatoms. The maximum absolute atomic E-state index is 11.3. The summed E-state index contributed by atoms with van der Waals surface area (Å²) in [4.78, 5) is 11.3. The fourth-order valence-corrected chi connectivity index (χ4v) is 2.08. The van der Waals surface area contributed by atoms with Gasteiger partial charge in [-0.1, -0.05) is 29.3 Å². The first-order chi connectivity index (χ1) is 7.99. The molecule has 1 heterocycles. The summed E-state index contributed by atoms with van der Waals surface area (Å²) in [6.45, 7) is 0. The summed E-state index contributed by atoms with van der Waals surface area (Å²) >= 11 is 11.9. The van der Waals surface area contributed by atoms with Crippen LogP contribution in [-0.4, -0.2) is 9.67 Å². The van der Waals surface area contributed by atoms with Crippen molar-refractivity contribution < 1.29 is 5.11 Å². The third-order valence-electron chi connectivity index (χ3n) is 2.41. The van der Waals surface area contributed by atoms with Gasteiger partial charge in [-0.2, -0.15) is 0 Å². The first kappa shape index (κ1) is 12.0. The van der Waals surface area contributed by atoms with E-state index in [0.717, 1.165) is 0 Å². The second-order valence-corrected chi connectivity index (χ2v) is 4.50. The largest absolute Gasteiger partial charge is 0.503 e. The molecule has 1 aromatic carbocycles. The predicted molar refractivity (Wildman–Crippen MR) is 68.8 cm³/mol. The molecule has 3 nitrogen and oxygen atoms in total. The number of benzene rings is 1. The number of hydrogen-bond acceptors (Lipinski definition) is 2. The van der Waals surface area contributed by atoms with Crippen LogP contribution in [0.5, 0.6) is 5.75 Å². The third-order valence-corrected chi connectivity index (χ3v) is 2.95. The lowest BCUT2D eigenvalue weighted by molar-refractivity contribution is 0.461. The van der Waals surface area contributed by atoms with E-state index in [-0.39, 0.29) is 5.75 Å². The predicted octanol–water partition coefficient (Wildman–Crippen LogP) is 3.06. The Balaban J connectivity index is 2.65.